The SMILES string of the molecule is CC1(C)CN(Cc2cn[nH]c2N)C1. The fourth-order valence-corrected chi connectivity index (χ4v) is 1.96. The Balaban J connectivity index is 1.91. The molecule has 1 fully saturated rings. The van der Waals surface area contributed by atoms with E-state index in [4.69, 9.17) is 5.73 Å². The summed E-state index contributed by atoms with van der Waals surface area (Å²) in [5.74, 6) is 0.699. The summed E-state index contributed by atoms with van der Waals surface area (Å²) in [7, 11) is 0. The highest BCUT2D eigenvalue weighted by atomic mass is 15.2. The van der Waals surface area contributed by atoms with Crippen LogP contribution in [0.1, 0.15) is 19.4 Å². The van der Waals surface area contributed by atoms with Crippen LogP contribution in [0.15, 0.2) is 6.20 Å². The van der Waals surface area contributed by atoms with Crippen LogP contribution in [0.4, 0.5) is 5.82 Å². The van der Waals surface area contributed by atoms with Gasteiger partial charge < -0.3 is 5.73 Å². The molecule has 4 nitrogen and oxygen atoms in total. The van der Waals surface area contributed by atoms with Crippen LogP contribution in [0, 0.1) is 5.41 Å². The fraction of sp³-hybridized carbons (Fsp3) is 0.667. The number of aromatic nitrogens is 2. The normalized spacial score (nSPS) is 21.4. The molecule has 4 heteroatoms. The zero-order valence-electron chi connectivity index (χ0n) is 8.17. The van der Waals surface area contributed by atoms with Gasteiger partial charge in [0.15, 0.2) is 0 Å². The van der Waals surface area contributed by atoms with Crippen molar-refractivity contribution in [2.45, 2.75) is 20.4 Å². The third-order valence-corrected chi connectivity index (χ3v) is 2.45. The van der Waals surface area contributed by atoms with Gasteiger partial charge in [-0.2, -0.15) is 5.10 Å². The van der Waals surface area contributed by atoms with Gasteiger partial charge in [-0.15, -0.1) is 0 Å². The van der Waals surface area contributed by atoms with Gasteiger partial charge in [-0.25, -0.2) is 0 Å². The van der Waals surface area contributed by atoms with E-state index in [1.165, 1.54) is 0 Å². The molecule has 0 aliphatic carbocycles. The third kappa shape index (κ3) is 1.67. The smallest absolute Gasteiger partial charge is 0.123 e. The first kappa shape index (κ1) is 8.56. The van der Waals surface area contributed by atoms with Crippen LogP contribution in [0.5, 0.6) is 0 Å². The Labute approximate surface area is 78.1 Å². The first-order chi connectivity index (χ1) is 6.07. The Morgan fingerprint density at radius 1 is 1.62 bits per heavy atom. The first-order valence-corrected chi connectivity index (χ1v) is 4.57. The minimum absolute atomic E-state index is 0.485. The molecular weight excluding hydrogens is 164 g/mol. The fourth-order valence-electron chi connectivity index (χ4n) is 1.96. The van der Waals surface area contributed by atoms with Crippen LogP contribution in [0.2, 0.25) is 0 Å². The number of anilines is 1. The van der Waals surface area contributed by atoms with E-state index in [1.54, 1.807) is 6.20 Å². The van der Waals surface area contributed by atoms with Crippen LogP contribution < -0.4 is 5.73 Å². The third-order valence-electron chi connectivity index (χ3n) is 2.45. The number of rotatable bonds is 2. The van der Waals surface area contributed by atoms with E-state index >= 15 is 0 Å². The summed E-state index contributed by atoms with van der Waals surface area (Å²) >= 11 is 0. The van der Waals surface area contributed by atoms with Crippen molar-refractivity contribution in [1.29, 1.82) is 0 Å². The zero-order valence-corrected chi connectivity index (χ0v) is 8.17. The van der Waals surface area contributed by atoms with Gasteiger partial charge in [0, 0.05) is 25.2 Å². The maximum Gasteiger partial charge on any atom is 0.123 e. The second kappa shape index (κ2) is 2.73. The Kier molecular flexibility index (Phi) is 1.80. The van der Waals surface area contributed by atoms with Crippen LogP contribution in [0.25, 0.3) is 0 Å². The number of nitrogens with two attached hydrogens (primary N) is 1. The summed E-state index contributed by atoms with van der Waals surface area (Å²) in [5.41, 5.74) is 7.28. The van der Waals surface area contributed by atoms with Gasteiger partial charge in [0.1, 0.15) is 5.82 Å². The average molecular weight is 180 g/mol. The molecule has 2 rings (SSSR count). The van der Waals surface area contributed by atoms with Crippen molar-refractivity contribution in [2.75, 3.05) is 18.8 Å². The lowest BCUT2D eigenvalue weighted by molar-refractivity contribution is 0.0244. The molecule has 0 atom stereocenters. The number of aromatic amines is 1. The summed E-state index contributed by atoms with van der Waals surface area (Å²) in [5, 5.41) is 6.64. The second-order valence-corrected chi connectivity index (χ2v) is 4.62. The highest BCUT2D eigenvalue weighted by molar-refractivity contribution is 5.36. The number of hydrogen-bond donors (Lipinski definition) is 2. The molecule has 1 saturated heterocycles. The van der Waals surface area contributed by atoms with Crippen molar-refractivity contribution in [3.8, 4) is 0 Å². The van der Waals surface area contributed by atoms with Gasteiger partial charge in [-0.3, -0.25) is 10.00 Å². The number of nitrogens with one attached hydrogen (secondary N) is 1. The monoisotopic (exact) mass is 180 g/mol. The van der Waals surface area contributed by atoms with E-state index in [0.717, 1.165) is 25.2 Å². The number of nitrogen functional groups attached to an aromatic ring is 1. The maximum atomic E-state index is 5.69. The lowest BCUT2D eigenvalue weighted by Crippen LogP contribution is -2.52. The molecule has 0 amide bonds. The van der Waals surface area contributed by atoms with Crippen molar-refractivity contribution in [3.63, 3.8) is 0 Å². The van der Waals surface area contributed by atoms with Gasteiger partial charge in [0.2, 0.25) is 0 Å². The van der Waals surface area contributed by atoms with Gasteiger partial charge in [0.25, 0.3) is 0 Å². The minimum Gasteiger partial charge on any atom is -0.384 e. The summed E-state index contributed by atoms with van der Waals surface area (Å²) in [6.45, 7) is 7.78. The summed E-state index contributed by atoms with van der Waals surface area (Å²) in [6.07, 6.45) is 1.81. The molecule has 72 valence electrons. The van der Waals surface area contributed by atoms with Crippen molar-refractivity contribution in [3.05, 3.63) is 11.8 Å². The molecule has 1 aliphatic heterocycles. The Bertz CT molecular complexity index is 294. The van der Waals surface area contributed by atoms with E-state index in [9.17, 15) is 0 Å². The highest BCUT2D eigenvalue weighted by Gasteiger charge is 2.33. The van der Waals surface area contributed by atoms with Gasteiger partial charge in [0.05, 0.1) is 6.20 Å². The summed E-state index contributed by atoms with van der Waals surface area (Å²) < 4.78 is 0. The molecule has 0 aromatic carbocycles. The second-order valence-electron chi connectivity index (χ2n) is 4.62. The van der Waals surface area contributed by atoms with Crippen LogP contribution >= 0.6 is 0 Å². The number of likely N-dealkylation sites (tertiary alicyclic amines) is 1. The molecule has 3 N–H and O–H groups in total. The number of hydrogen-bond acceptors (Lipinski definition) is 3. The molecule has 1 aromatic heterocycles. The average Bonchev–Trinajstić information content (AvgIpc) is 2.33. The van der Waals surface area contributed by atoms with Gasteiger partial charge >= 0.3 is 0 Å². The molecule has 0 spiro atoms. The molecule has 0 radical (unpaired) electrons. The van der Waals surface area contributed by atoms with Gasteiger partial charge in [-0.05, 0) is 5.41 Å². The first-order valence-electron chi connectivity index (χ1n) is 4.57. The van der Waals surface area contributed by atoms with E-state index in [1.807, 2.05) is 0 Å². The largest absolute Gasteiger partial charge is 0.384 e. The molecule has 1 aliphatic rings. The molecule has 2 heterocycles. The van der Waals surface area contributed by atoms with Crippen LogP contribution in [0.3, 0.4) is 0 Å². The van der Waals surface area contributed by atoms with E-state index in [2.05, 4.69) is 28.9 Å². The molecule has 1 aromatic rings. The maximum absolute atomic E-state index is 5.69. The lowest BCUT2D eigenvalue weighted by Gasteiger charge is -2.45. The quantitative estimate of drug-likeness (QED) is 0.709. The molecule has 13 heavy (non-hydrogen) atoms. The predicted molar refractivity (Wildman–Crippen MR) is 52.1 cm³/mol. The van der Waals surface area contributed by atoms with E-state index in [-0.39, 0.29) is 0 Å². The van der Waals surface area contributed by atoms with Crippen LogP contribution in [-0.4, -0.2) is 28.2 Å². The van der Waals surface area contributed by atoms with Crippen LogP contribution in [-0.2, 0) is 6.54 Å². The Morgan fingerprint density at radius 2 is 2.31 bits per heavy atom. The van der Waals surface area contributed by atoms with Crippen molar-refractivity contribution in [1.82, 2.24) is 15.1 Å². The highest BCUT2D eigenvalue weighted by Crippen LogP contribution is 2.30. The van der Waals surface area contributed by atoms with E-state index < -0.39 is 0 Å². The van der Waals surface area contributed by atoms with Crippen molar-refractivity contribution >= 4 is 5.82 Å². The number of H-pyrrole nitrogens is 1. The number of nitrogens with zero attached hydrogens (tertiary/aromatic N) is 2. The summed E-state index contributed by atoms with van der Waals surface area (Å²) in [4.78, 5) is 2.38. The minimum atomic E-state index is 0.485. The summed E-state index contributed by atoms with van der Waals surface area (Å²) in [6, 6.07) is 0. The molecule has 0 saturated carbocycles. The molecular formula is C9H16N4. The predicted octanol–water partition coefficient (Wildman–Crippen LogP) is 0.834. The van der Waals surface area contributed by atoms with Crippen molar-refractivity contribution in [2.24, 2.45) is 5.41 Å². The topological polar surface area (TPSA) is 57.9 Å². The van der Waals surface area contributed by atoms with Gasteiger partial charge in [-0.1, -0.05) is 13.8 Å². The molecule has 0 bridgehead atoms. The Morgan fingerprint density at radius 3 is 2.77 bits per heavy atom. The van der Waals surface area contributed by atoms with E-state index in [0.29, 0.717) is 11.2 Å². The van der Waals surface area contributed by atoms with Crippen molar-refractivity contribution < 1.29 is 0 Å². The Hall–Kier alpha value is -1.03. The molecule has 0 unspecified atom stereocenters. The lowest BCUT2D eigenvalue weighted by atomic mass is 9.84. The standard InChI is InChI=1S/C9H16N4/c1-9(2)5-13(6-9)4-7-3-11-12-8(7)10/h3H,4-6H2,1-2H3,(H3,10,11,12). The zero-order chi connectivity index (χ0) is 9.47.